The molecule has 6 heteroatoms. The van der Waals surface area contributed by atoms with Gasteiger partial charge in [0.05, 0.1) is 23.9 Å². The van der Waals surface area contributed by atoms with Crippen LogP contribution in [0.4, 0.5) is 4.79 Å². The number of hydrogen-bond donors (Lipinski definition) is 0. The van der Waals surface area contributed by atoms with Gasteiger partial charge < -0.3 is 14.4 Å². The maximum Gasteiger partial charge on any atom is 0.410 e. The van der Waals surface area contributed by atoms with Crippen molar-refractivity contribution in [2.24, 2.45) is 0 Å². The third kappa shape index (κ3) is 4.08. The minimum atomic E-state index is -0.502. The number of nitrogens with zero attached hydrogens (tertiary/aromatic N) is 3. The normalized spacial score (nSPS) is 14.8. The van der Waals surface area contributed by atoms with Gasteiger partial charge in [-0.2, -0.15) is 4.98 Å². The third-order valence-corrected chi connectivity index (χ3v) is 3.13. The Morgan fingerprint density at radius 1 is 1.27 bits per heavy atom. The number of hydrogen-bond acceptors (Lipinski definition) is 5. The molecule has 0 saturated carbocycles. The quantitative estimate of drug-likeness (QED) is 0.840. The van der Waals surface area contributed by atoms with Gasteiger partial charge in [-0.25, -0.2) is 9.78 Å². The lowest BCUT2D eigenvalue weighted by Gasteiger charge is -2.31. The van der Waals surface area contributed by atoms with Gasteiger partial charge in [0, 0.05) is 13.0 Å². The largest absolute Gasteiger partial charge is 0.475 e. The summed E-state index contributed by atoms with van der Waals surface area (Å²) in [5.74, 6) is 1.27. The molecule has 1 aliphatic rings. The molecule has 122 valence electrons. The highest BCUT2D eigenvalue weighted by Gasteiger charge is 2.29. The van der Waals surface area contributed by atoms with E-state index in [-0.39, 0.29) is 12.2 Å². The van der Waals surface area contributed by atoms with Gasteiger partial charge in [0.15, 0.2) is 0 Å². The van der Waals surface area contributed by atoms with Gasteiger partial charge in [-0.3, -0.25) is 0 Å². The van der Waals surface area contributed by atoms with Crippen LogP contribution in [-0.4, -0.2) is 39.2 Å². The highest BCUT2D eigenvalue weighted by molar-refractivity contribution is 5.68. The average molecular weight is 307 g/mol. The van der Waals surface area contributed by atoms with Crippen LogP contribution in [0, 0.1) is 6.92 Å². The van der Waals surface area contributed by atoms with Gasteiger partial charge >= 0.3 is 6.09 Å². The standard InChI is InChI=1S/C16H25N3O3/c1-10(2)21-14-12-9-19(15(20)22-16(4,5)6)8-7-13(12)17-11(3)18-14/h10H,7-9H2,1-6H3. The molecular formula is C16H25N3O3. The van der Waals surface area contributed by atoms with Gasteiger partial charge in [0.25, 0.3) is 0 Å². The molecule has 1 aromatic heterocycles. The van der Waals surface area contributed by atoms with E-state index in [2.05, 4.69) is 9.97 Å². The minimum absolute atomic E-state index is 0.0234. The van der Waals surface area contributed by atoms with Crippen molar-refractivity contribution >= 4 is 6.09 Å². The molecule has 0 unspecified atom stereocenters. The Kier molecular flexibility index (Phi) is 4.58. The van der Waals surface area contributed by atoms with Crippen molar-refractivity contribution in [1.82, 2.24) is 14.9 Å². The molecule has 0 radical (unpaired) electrons. The second-order valence-corrected chi connectivity index (χ2v) is 6.82. The zero-order valence-electron chi connectivity index (χ0n) is 14.3. The van der Waals surface area contributed by atoms with Crippen molar-refractivity contribution in [3.05, 3.63) is 17.1 Å². The van der Waals surface area contributed by atoms with Gasteiger partial charge in [0.2, 0.25) is 5.88 Å². The van der Waals surface area contributed by atoms with E-state index in [4.69, 9.17) is 9.47 Å². The third-order valence-electron chi connectivity index (χ3n) is 3.13. The first-order chi connectivity index (χ1) is 10.2. The van der Waals surface area contributed by atoms with Gasteiger partial charge in [0.1, 0.15) is 11.4 Å². The molecule has 0 saturated heterocycles. The molecule has 0 aliphatic carbocycles. The van der Waals surface area contributed by atoms with Gasteiger partial charge in [-0.15, -0.1) is 0 Å². The van der Waals surface area contributed by atoms with Crippen molar-refractivity contribution in [2.45, 2.75) is 66.2 Å². The fourth-order valence-electron chi connectivity index (χ4n) is 2.31. The van der Waals surface area contributed by atoms with Crippen molar-refractivity contribution in [1.29, 1.82) is 0 Å². The first-order valence-corrected chi connectivity index (χ1v) is 7.66. The van der Waals surface area contributed by atoms with E-state index in [0.717, 1.165) is 11.3 Å². The Bertz CT molecular complexity index is 564. The minimum Gasteiger partial charge on any atom is -0.475 e. The van der Waals surface area contributed by atoms with Crippen LogP contribution in [0.15, 0.2) is 0 Å². The maximum atomic E-state index is 12.2. The first-order valence-electron chi connectivity index (χ1n) is 7.66. The summed E-state index contributed by atoms with van der Waals surface area (Å²) in [7, 11) is 0. The van der Waals surface area contributed by atoms with Crippen LogP contribution in [0.25, 0.3) is 0 Å². The first kappa shape index (κ1) is 16.5. The van der Waals surface area contributed by atoms with E-state index in [0.29, 0.717) is 31.2 Å². The van der Waals surface area contributed by atoms with Crippen LogP contribution >= 0.6 is 0 Å². The molecule has 1 aromatic rings. The molecule has 1 aliphatic heterocycles. The predicted octanol–water partition coefficient (Wildman–Crippen LogP) is 2.87. The summed E-state index contributed by atoms with van der Waals surface area (Å²) in [6.45, 7) is 12.4. The Morgan fingerprint density at radius 3 is 2.55 bits per heavy atom. The second-order valence-electron chi connectivity index (χ2n) is 6.82. The molecular weight excluding hydrogens is 282 g/mol. The average Bonchev–Trinajstić information content (AvgIpc) is 2.35. The topological polar surface area (TPSA) is 64.6 Å². The fraction of sp³-hybridized carbons (Fsp3) is 0.688. The molecule has 0 fully saturated rings. The lowest BCUT2D eigenvalue weighted by Crippen LogP contribution is -2.40. The number of fused-ring (bicyclic) bond motifs is 1. The number of amides is 1. The number of carbonyl (C=O) groups excluding carboxylic acids is 1. The summed E-state index contributed by atoms with van der Waals surface area (Å²) in [5.41, 5.74) is 1.35. The van der Waals surface area contributed by atoms with Crippen molar-refractivity contribution in [2.75, 3.05) is 6.54 Å². The van der Waals surface area contributed by atoms with E-state index in [1.54, 1.807) is 4.90 Å². The summed E-state index contributed by atoms with van der Waals surface area (Å²) in [4.78, 5) is 22.8. The maximum absolute atomic E-state index is 12.2. The van der Waals surface area contributed by atoms with Crippen LogP contribution in [0.3, 0.4) is 0 Å². The number of ether oxygens (including phenoxy) is 2. The molecule has 22 heavy (non-hydrogen) atoms. The molecule has 1 amide bonds. The van der Waals surface area contributed by atoms with Crippen molar-refractivity contribution < 1.29 is 14.3 Å². The Balaban J connectivity index is 2.23. The van der Waals surface area contributed by atoms with Crippen LogP contribution in [0.2, 0.25) is 0 Å². The predicted molar refractivity (Wildman–Crippen MR) is 82.9 cm³/mol. The SMILES string of the molecule is Cc1nc2c(c(OC(C)C)n1)CN(C(=O)OC(C)(C)C)CC2. The lowest BCUT2D eigenvalue weighted by atomic mass is 10.1. The number of carbonyl (C=O) groups is 1. The Hall–Kier alpha value is -1.85. The summed E-state index contributed by atoms with van der Waals surface area (Å²) in [5, 5.41) is 0. The number of aromatic nitrogens is 2. The molecule has 0 spiro atoms. The lowest BCUT2D eigenvalue weighted by molar-refractivity contribution is 0.0220. The smallest absolute Gasteiger partial charge is 0.410 e. The van der Waals surface area contributed by atoms with E-state index in [9.17, 15) is 4.79 Å². The van der Waals surface area contributed by atoms with Crippen LogP contribution < -0.4 is 4.74 Å². The summed E-state index contributed by atoms with van der Waals surface area (Å²) in [6.07, 6.45) is 0.399. The van der Waals surface area contributed by atoms with Gasteiger partial charge in [-0.1, -0.05) is 0 Å². The van der Waals surface area contributed by atoms with E-state index in [1.807, 2.05) is 41.5 Å². The zero-order chi connectivity index (χ0) is 16.5. The number of rotatable bonds is 2. The van der Waals surface area contributed by atoms with Gasteiger partial charge in [-0.05, 0) is 41.5 Å². The molecule has 0 atom stereocenters. The fourth-order valence-corrected chi connectivity index (χ4v) is 2.31. The molecule has 6 nitrogen and oxygen atoms in total. The van der Waals surface area contributed by atoms with Crippen LogP contribution in [0.5, 0.6) is 5.88 Å². The van der Waals surface area contributed by atoms with Crippen LogP contribution in [-0.2, 0) is 17.7 Å². The Labute approximate surface area is 131 Å². The van der Waals surface area contributed by atoms with E-state index >= 15 is 0 Å². The van der Waals surface area contributed by atoms with Crippen LogP contribution in [0.1, 0.15) is 51.7 Å². The number of aryl methyl sites for hydroxylation is 1. The molecule has 2 rings (SSSR count). The van der Waals surface area contributed by atoms with E-state index in [1.165, 1.54) is 0 Å². The molecule has 0 N–H and O–H groups in total. The molecule has 0 bridgehead atoms. The van der Waals surface area contributed by atoms with Crippen molar-refractivity contribution in [3.8, 4) is 5.88 Å². The summed E-state index contributed by atoms with van der Waals surface area (Å²) < 4.78 is 11.2. The van der Waals surface area contributed by atoms with E-state index < -0.39 is 5.60 Å². The Morgan fingerprint density at radius 2 is 1.95 bits per heavy atom. The monoisotopic (exact) mass is 307 g/mol. The molecule has 2 heterocycles. The summed E-state index contributed by atoms with van der Waals surface area (Å²) in [6, 6.07) is 0. The zero-order valence-corrected chi connectivity index (χ0v) is 14.3. The molecule has 0 aromatic carbocycles. The second kappa shape index (κ2) is 6.10. The van der Waals surface area contributed by atoms with Crippen molar-refractivity contribution in [3.63, 3.8) is 0 Å². The highest BCUT2D eigenvalue weighted by atomic mass is 16.6. The highest BCUT2D eigenvalue weighted by Crippen LogP contribution is 2.27. The summed E-state index contributed by atoms with van der Waals surface area (Å²) >= 11 is 0.